The highest BCUT2D eigenvalue weighted by molar-refractivity contribution is 9.10. The smallest absolute Gasteiger partial charge is 0.0989 e. The van der Waals surface area contributed by atoms with E-state index in [4.69, 9.17) is 0 Å². The molecule has 2 aromatic carbocycles. The molecule has 3 rings (SSSR count). The average Bonchev–Trinajstić information content (AvgIpc) is 2.89. The second kappa shape index (κ2) is 4.86. The topological polar surface area (TPSA) is 6.48 Å². The summed E-state index contributed by atoms with van der Waals surface area (Å²) in [7, 11) is 0. The van der Waals surface area contributed by atoms with Crippen molar-refractivity contribution in [2.75, 3.05) is 16.5 Å². The lowest BCUT2D eigenvalue weighted by Gasteiger charge is -2.21. The summed E-state index contributed by atoms with van der Waals surface area (Å²) in [6.45, 7) is 0.848. The van der Waals surface area contributed by atoms with Gasteiger partial charge >= 0.3 is 0 Å². The van der Waals surface area contributed by atoms with Gasteiger partial charge in [0.1, 0.15) is 0 Å². The fourth-order valence-corrected chi connectivity index (χ4v) is 2.42. The maximum absolute atomic E-state index is 3.50. The standard InChI is InChI=1S/C15H13BrN2/c16-13-5-4-8-15(11-13)18-10-9-17(12-18)14-6-2-1-3-7-14/h1-11H,12H2. The van der Waals surface area contributed by atoms with Crippen molar-refractivity contribution in [3.63, 3.8) is 0 Å². The third-order valence-electron chi connectivity index (χ3n) is 2.96. The van der Waals surface area contributed by atoms with E-state index in [1.54, 1.807) is 0 Å². The largest absolute Gasteiger partial charge is 0.328 e. The van der Waals surface area contributed by atoms with Gasteiger partial charge in [0.15, 0.2) is 0 Å². The van der Waals surface area contributed by atoms with E-state index in [-0.39, 0.29) is 0 Å². The third-order valence-corrected chi connectivity index (χ3v) is 3.45. The van der Waals surface area contributed by atoms with Gasteiger partial charge in [-0.3, -0.25) is 0 Å². The van der Waals surface area contributed by atoms with E-state index >= 15 is 0 Å². The molecule has 1 aliphatic heterocycles. The van der Waals surface area contributed by atoms with E-state index in [9.17, 15) is 0 Å². The Labute approximate surface area is 115 Å². The van der Waals surface area contributed by atoms with Gasteiger partial charge in [-0.25, -0.2) is 0 Å². The first kappa shape index (κ1) is 11.4. The Balaban J connectivity index is 1.79. The molecule has 0 unspecified atom stereocenters. The van der Waals surface area contributed by atoms with Gasteiger partial charge in [0.05, 0.1) is 6.67 Å². The summed E-state index contributed by atoms with van der Waals surface area (Å²) in [4.78, 5) is 4.44. The van der Waals surface area contributed by atoms with Gasteiger partial charge in [0.25, 0.3) is 0 Å². The predicted molar refractivity (Wildman–Crippen MR) is 79.5 cm³/mol. The number of benzene rings is 2. The van der Waals surface area contributed by atoms with E-state index in [2.05, 4.69) is 80.6 Å². The molecule has 18 heavy (non-hydrogen) atoms. The lowest BCUT2D eigenvalue weighted by atomic mass is 10.3. The molecule has 0 saturated carbocycles. The number of rotatable bonds is 2. The first-order valence-electron chi connectivity index (χ1n) is 5.85. The van der Waals surface area contributed by atoms with Crippen LogP contribution in [0.1, 0.15) is 0 Å². The van der Waals surface area contributed by atoms with Crippen LogP contribution in [0.15, 0.2) is 71.5 Å². The monoisotopic (exact) mass is 300 g/mol. The van der Waals surface area contributed by atoms with Gasteiger partial charge in [-0.1, -0.05) is 40.2 Å². The molecule has 0 radical (unpaired) electrons. The van der Waals surface area contributed by atoms with Gasteiger partial charge in [-0.2, -0.15) is 0 Å². The van der Waals surface area contributed by atoms with Crippen LogP contribution in [-0.4, -0.2) is 6.67 Å². The zero-order chi connectivity index (χ0) is 12.4. The fourth-order valence-electron chi connectivity index (χ4n) is 2.03. The Morgan fingerprint density at radius 1 is 0.778 bits per heavy atom. The maximum atomic E-state index is 3.50. The van der Waals surface area contributed by atoms with Crippen molar-refractivity contribution < 1.29 is 0 Å². The second-order valence-electron chi connectivity index (χ2n) is 4.19. The van der Waals surface area contributed by atoms with Crippen LogP contribution in [0.3, 0.4) is 0 Å². The minimum Gasteiger partial charge on any atom is -0.328 e. The van der Waals surface area contributed by atoms with Crippen LogP contribution in [0.25, 0.3) is 0 Å². The normalized spacial score (nSPS) is 14.3. The molecule has 0 amide bonds. The van der Waals surface area contributed by atoms with E-state index in [1.807, 2.05) is 12.1 Å². The fraction of sp³-hybridized carbons (Fsp3) is 0.0667. The lowest BCUT2D eigenvalue weighted by molar-refractivity contribution is 0.975. The summed E-state index contributed by atoms with van der Waals surface area (Å²) in [6, 6.07) is 18.7. The van der Waals surface area contributed by atoms with Crippen molar-refractivity contribution >= 4 is 27.3 Å². The average molecular weight is 301 g/mol. The number of hydrogen-bond acceptors (Lipinski definition) is 2. The Kier molecular flexibility index (Phi) is 3.07. The van der Waals surface area contributed by atoms with Crippen LogP contribution in [0.2, 0.25) is 0 Å². The minimum absolute atomic E-state index is 0.848. The van der Waals surface area contributed by atoms with Crippen LogP contribution >= 0.6 is 15.9 Å². The summed E-state index contributed by atoms with van der Waals surface area (Å²) >= 11 is 3.50. The van der Waals surface area contributed by atoms with E-state index < -0.39 is 0 Å². The molecule has 1 heterocycles. The number of para-hydroxylation sites is 1. The molecule has 0 N–H and O–H groups in total. The highest BCUT2D eigenvalue weighted by Crippen LogP contribution is 2.25. The molecule has 0 atom stereocenters. The summed E-state index contributed by atoms with van der Waals surface area (Å²) in [5.74, 6) is 0. The van der Waals surface area contributed by atoms with Crippen molar-refractivity contribution in [1.29, 1.82) is 0 Å². The summed E-state index contributed by atoms with van der Waals surface area (Å²) in [5, 5.41) is 0. The zero-order valence-electron chi connectivity index (χ0n) is 9.83. The highest BCUT2D eigenvalue weighted by atomic mass is 79.9. The first-order valence-corrected chi connectivity index (χ1v) is 6.64. The second-order valence-corrected chi connectivity index (χ2v) is 5.11. The predicted octanol–water partition coefficient (Wildman–Crippen LogP) is 4.20. The third kappa shape index (κ3) is 2.27. The van der Waals surface area contributed by atoms with Crippen LogP contribution in [0, 0.1) is 0 Å². The maximum Gasteiger partial charge on any atom is 0.0989 e. The molecule has 0 aliphatic carbocycles. The van der Waals surface area contributed by atoms with Crippen LogP contribution in [0.5, 0.6) is 0 Å². The first-order chi connectivity index (χ1) is 8.83. The molecule has 0 fully saturated rings. The van der Waals surface area contributed by atoms with Crippen molar-refractivity contribution in [3.05, 3.63) is 71.5 Å². The highest BCUT2D eigenvalue weighted by Gasteiger charge is 2.14. The van der Waals surface area contributed by atoms with Gasteiger partial charge in [0, 0.05) is 28.2 Å². The summed E-state index contributed by atoms with van der Waals surface area (Å²) < 4.78 is 1.10. The molecule has 90 valence electrons. The summed E-state index contributed by atoms with van der Waals surface area (Å²) in [5.41, 5.74) is 2.41. The van der Waals surface area contributed by atoms with Gasteiger partial charge in [-0.05, 0) is 30.3 Å². The molecular formula is C15H13BrN2. The summed E-state index contributed by atoms with van der Waals surface area (Å²) in [6.07, 6.45) is 4.21. The van der Waals surface area contributed by atoms with Gasteiger partial charge in [0.2, 0.25) is 0 Å². The Morgan fingerprint density at radius 2 is 1.44 bits per heavy atom. The molecule has 0 bridgehead atoms. The van der Waals surface area contributed by atoms with Crippen molar-refractivity contribution in [2.45, 2.75) is 0 Å². The zero-order valence-corrected chi connectivity index (χ0v) is 11.4. The van der Waals surface area contributed by atoms with E-state index in [0.29, 0.717) is 0 Å². The van der Waals surface area contributed by atoms with Crippen LogP contribution < -0.4 is 9.80 Å². The van der Waals surface area contributed by atoms with Crippen molar-refractivity contribution in [3.8, 4) is 0 Å². The SMILES string of the molecule is Brc1cccc(N2C=CN(c3ccccc3)C2)c1. The van der Waals surface area contributed by atoms with Crippen molar-refractivity contribution in [1.82, 2.24) is 0 Å². The van der Waals surface area contributed by atoms with Gasteiger partial charge < -0.3 is 9.80 Å². The molecular weight excluding hydrogens is 288 g/mol. The lowest BCUT2D eigenvalue weighted by Crippen LogP contribution is -2.24. The Morgan fingerprint density at radius 3 is 2.17 bits per heavy atom. The van der Waals surface area contributed by atoms with Crippen LogP contribution in [-0.2, 0) is 0 Å². The molecule has 0 saturated heterocycles. The van der Waals surface area contributed by atoms with Crippen LogP contribution in [0.4, 0.5) is 11.4 Å². The van der Waals surface area contributed by atoms with Gasteiger partial charge in [-0.15, -0.1) is 0 Å². The molecule has 1 aliphatic rings. The van der Waals surface area contributed by atoms with E-state index in [1.165, 1.54) is 11.4 Å². The Hall–Kier alpha value is -1.74. The van der Waals surface area contributed by atoms with Crippen molar-refractivity contribution in [2.24, 2.45) is 0 Å². The molecule has 3 heteroatoms. The number of halogens is 1. The minimum atomic E-state index is 0.848. The number of nitrogens with zero attached hydrogens (tertiary/aromatic N) is 2. The quantitative estimate of drug-likeness (QED) is 0.820. The molecule has 2 aromatic rings. The number of anilines is 2. The molecule has 0 aromatic heterocycles. The number of hydrogen-bond donors (Lipinski definition) is 0. The molecule has 2 nitrogen and oxygen atoms in total. The Bertz CT molecular complexity index is 566. The molecule has 0 spiro atoms. The van der Waals surface area contributed by atoms with E-state index in [0.717, 1.165) is 11.1 Å².